The summed E-state index contributed by atoms with van der Waals surface area (Å²) in [6.07, 6.45) is 6.81. The van der Waals surface area contributed by atoms with Crippen LogP contribution in [-0.2, 0) is 0 Å². The van der Waals surface area contributed by atoms with Crippen molar-refractivity contribution in [3.8, 4) is 55.9 Å². The standard InChI is InChI=1S/C51H53N2/c1-30-21-34(5)46(35(6)22-30)42-15-13-16-43(47-36(7)23-31(2)24-37(47)8)50(42)52-19-20-53(29-52)51-44(48-38(9)25-32(3)26-39(48)10)17-14-18-45(51)49-40(11)27-33(4)28-41(49)12/h13-29H,1-12H3/q+1. The van der Waals surface area contributed by atoms with Gasteiger partial charge in [0.1, 0.15) is 23.8 Å². The Balaban J connectivity index is 1.57. The molecule has 0 aliphatic heterocycles. The number of aromatic nitrogens is 2. The largest absolute Gasteiger partial charge is 0.254 e. The van der Waals surface area contributed by atoms with E-state index in [1.807, 2.05) is 0 Å². The normalized spacial score (nSPS) is 11.4. The predicted molar refractivity (Wildman–Crippen MR) is 226 cm³/mol. The molecule has 1 heterocycles. The lowest BCUT2D eigenvalue weighted by Gasteiger charge is -2.20. The van der Waals surface area contributed by atoms with Crippen molar-refractivity contribution >= 4 is 0 Å². The number of rotatable bonds is 6. The Bertz CT molecular complexity index is 2150. The van der Waals surface area contributed by atoms with Crippen molar-refractivity contribution < 1.29 is 4.57 Å². The lowest BCUT2D eigenvalue weighted by molar-refractivity contribution is -0.593. The van der Waals surface area contributed by atoms with Crippen LogP contribution in [0.2, 0.25) is 0 Å². The van der Waals surface area contributed by atoms with Crippen LogP contribution in [-0.4, -0.2) is 4.57 Å². The van der Waals surface area contributed by atoms with Crippen LogP contribution in [0.3, 0.4) is 0 Å². The van der Waals surface area contributed by atoms with E-state index < -0.39 is 0 Å². The van der Waals surface area contributed by atoms with Gasteiger partial charge in [0.15, 0.2) is 0 Å². The molecule has 0 spiro atoms. The second kappa shape index (κ2) is 13.8. The van der Waals surface area contributed by atoms with Gasteiger partial charge in [-0.2, -0.15) is 0 Å². The van der Waals surface area contributed by atoms with Crippen molar-refractivity contribution in [3.63, 3.8) is 0 Å². The third-order valence-electron chi connectivity index (χ3n) is 11.0. The lowest BCUT2D eigenvalue weighted by Crippen LogP contribution is -2.30. The molecule has 0 aliphatic carbocycles. The summed E-state index contributed by atoms with van der Waals surface area (Å²) in [7, 11) is 0. The maximum absolute atomic E-state index is 2.37. The van der Waals surface area contributed by atoms with Gasteiger partial charge in [-0.25, -0.2) is 9.13 Å². The first kappa shape index (κ1) is 35.9. The van der Waals surface area contributed by atoms with E-state index in [1.165, 1.54) is 123 Å². The van der Waals surface area contributed by atoms with Gasteiger partial charge in [0.05, 0.1) is 0 Å². The van der Waals surface area contributed by atoms with E-state index in [9.17, 15) is 0 Å². The van der Waals surface area contributed by atoms with Crippen molar-refractivity contribution in [2.45, 2.75) is 83.1 Å². The van der Waals surface area contributed by atoms with Crippen LogP contribution >= 0.6 is 0 Å². The molecule has 0 fully saturated rings. The highest BCUT2D eigenvalue weighted by atomic mass is 15.1. The second-order valence-corrected chi connectivity index (χ2v) is 15.7. The highest BCUT2D eigenvalue weighted by Crippen LogP contribution is 2.42. The zero-order valence-corrected chi connectivity index (χ0v) is 33.7. The first-order valence-corrected chi connectivity index (χ1v) is 18.9. The van der Waals surface area contributed by atoms with Crippen molar-refractivity contribution in [3.05, 3.63) is 170 Å². The minimum atomic E-state index is 1.20. The molecule has 7 aromatic rings. The fourth-order valence-electron chi connectivity index (χ4n) is 9.49. The maximum Gasteiger partial charge on any atom is 0.254 e. The van der Waals surface area contributed by atoms with Crippen LogP contribution in [0.1, 0.15) is 66.8 Å². The average Bonchev–Trinajstić information content (AvgIpc) is 3.53. The summed E-state index contributed by atoms with van der Waals surface area (Å²) in [4.78, 5) is 0. The van der Waals surface area contributed by atoms with Crippen LogP contribution in [0, 0.1) is 83.1 Å². The quantitative estimate of drug-likeness (QED) is 0.153. The molecular formula is C51H53N2+. The molecule has 0 radical (unpaired) electrons. The van der Waals surface area contributed by atoms with E-state index >= 15 is 0 Å². The van der Waals surface area contributed by atoms with Crippen LogP contribution in [0.15, 0.2) is 104 Å². The average molecular weight is 694 g/mol. The van der Waals surface area contributed by atoms with E-state index in [2.05, 4.69) is 196 Å². The van der Waals surface area contributed by atoms with Gasteiger partial charge in [-0.3, -0.25) is 0 Å². The van der Waals surface area contributed by atoms with E-state index in [1.54, 1.807) is 0 Å². The van der Waals surface area contributed by atoms with Gasteiger partial charge < -0.3 is 0 Å². The highest BCUT2D eigenvalue weighted by molar-refractivity contribution is 5.90. The molecule has 2 nitrogen and oxygen atoms in total. The third-order valence-corrected chi connectivity index (χ3v) is 11.0. The van der Waals surface area contributed by atoms with E-state index in [4.69, 9.17) is 0 Å². The molecule has 0 amide bonds. The summed E-state index contributed by atoms with van der Waals surface area (Å²) in [6.45, 7) is 26.8. The maximum atomic E-state index is 2.37. The molecule has 0 saturated heterocycles. The Labute approximate surface area is 317 Å². The number of aryl methyl sites for hydroxylation is 12. The highest BCUT2D eigenvalue weighted by Gasteiger charge is 2.27. The van der Waals surface area contributed by atoms with Crippen molar-refractivity contribution in [2.75, 3.05) is 0 Å². The number of hydrogen-bond donors (Lipinski definition) is 0. The first-order chi connectivity index (χ1) is 25.2. The molecule has 0 saturated carbocycles. The minimum Gasteiger partial charge on any atom is -0.201 e. The molecule has 7 rings (SSSR count). The second-order valence-electron chi connectivity index (χ2n) is 15.7. The molecule has 0 aliphatic rings. The zero-order valence-electron chi connectivity index (χ0n) is 33.7. The molecule has 0 bridgehead atoms. The topological polar surface area (TPSA) is 8.81 Å². The van der Waals surface area contributed by atoms with Gasteiger partial charge in [0, 0.05) is 22.3 Å². The van der Waals surface area contributed by atoms with Gasteiger partial charge >= 0.3 is 0 Å². The molecule has 6 aromatic carbocycles. The van der Waals surface area contributed by atoms with Crippen molar-refractivity contribution in [2.24, 2.45) is 0 Å². The minimum absolute atomic E-state index is 1.20. The summed E-state index contributed by atoms with van der Waals surface area (Å²) in [5, 5.41) is 0. The Morgan fingerprint density at radius 3 is 0.981 bits per heavy atom. The van der Waals surface area contributed by atoms with Gasteiger partial charge in [-0.15, -0.1) is 0 Å². The number of hydrogen-bond acceptors (Lipinski definition) is 0. The Hall–Kier alpha value is -5.47. The van der Waals surface area contributed by atoms with Gasteiger partial charge in [0.2, 0.25) is 0 Å². The fourth-order valence-corrected chi connectivity index (χ4v) is 9.49. The molecular weight excluding hydrogens is 641 g/mol. The van der Waals surface area contributed by atoms with Gasteiger partial charge in [-0.05, 0) is 150 Å². The monoisotopic (exact) mass is 693 g/mol. The van der Waals surface area contributed by atoms with Gasteiger partial charge in [0.25, 0.3) is 6.33 Å². The number of imidazole rings is 1. The molecule has 266 valence electrons. The Kier molecular flexibility index (Phi) is 9.37. The molecule has 0 atom stereocenters. The number of para-hydroxylation sites is 2. The van der Waals surface area contributed by atoms with Crippen LogP contribution < -0.4 is 4.57 Å². The zero-order chi connectivity index (χ0) is 37.9. The van der Waals surface area contributed by atoms with Crippen molar-refractivity contribution in [1.82, 2.24) is 4.57 Å². The molecule has 1 aromatic heterocycles. The summed E-state index contributed by atoms with van der Waals surface area (Å²) < 4.78 is 4.73. The molecule has 0 unspecified atom stereocenters. The smallest absolute Gasteiger partial charge is 0.201 e. The summed E-state index contributed by atoms with van der Waals surface area (Å²) >= 11 is 0. The van der Waals surface area contributed by atoms with Gasteiger partial charge in [-0.1, -0.05) is 107 Å². The summed E-state index contributed by atoms with van der Waals surface area (Å²) in [5.41, 5.74) is 28.0. The van der Waals surface area contributed by atoms with Crippen LogP contribution in [0.4, 0.5) is 0 Å². The van der Waals surface area contributed by atoms with Crippen molar-refractivity contribution in [1.29, 1.82) is 0 Å². The van der Waals surface area contributed by atoms with Crippen LogP contribution in [0.25, 0.3) is 55.9 Å². The predicted octanol–water partition coefficient (Wildman–Crippen LogP) is 13.1. The molecule has 2 heteroatoms. The summed E-state index contributed by atoms with van der Waals surface area (Å²) in [6, 6.07) is 32.3. The first-order valence-electron chi connectivity index (χ1n) is 18.9. The third kappa shape index (κ3) is 6.46. The SMILES string of the molecule is Cc1cc(C)c(-c2cccc(-c3c(C)cc(C)cc3C)c2-n2cc[n+](-c3c(-c4c(C)cc(C)cc4C)cccc3-c3c(C)cc(C)cc3C)c2)c(C)c1. The van der Waals surface area contributed by atoms with Crippen LogP contribution in [0.5, 0.6) is 0 Å². The van der Waals surface area contributed by atoms with E-state index in [-0.39, 0.29) is 0 Å². The van der Waals surface area contributed by atoms with E-state index in [0.717, 1.165) is 0 Å². The number of nitrogens with zero attached hydrogens (tertiary/aromatic N) is 2. The summed E-state index contributed by atoms with van der Waals surface area (Å²) in [5.74, 6) is 0. The lowest BCUT2D eigenvalue weighted by atomic mass is 9.87. The van der Waals surface area contributed by atoms with E-state index in [0.29, 0.717) is 0 Å². The molecule has 0 N–H and O–H groups in total. The Morgan fingerprint density at radius 2 is 0.660 bits per heavy atom. The number of benzene rings is 6. The fraction of sp³-hybridized carbons (Fsp3) is 0.235. The molecule has 53 heavy (non-hydrogen) atoms. The Morgan fingerprint density at radius 1 is 0.377 bits per heavy atom.